The Morgan fingerprint density at radius 2 is 1.78 bits per heavy atom. The number of nitrogens with one attached hydrogen (secondary N) is 1. The van der Waals surface area contributed by atoms with Crippen LogP contribution in [-0.4, -0.2) is 16.1 Å². The Bertz CT molecular complexity index is 529. The molecular weight excluding hydrogens is 230 g/mol. The van der Waals surface area contributed by atoms with Gasteiger partial charge in [-0.2, -0.15) is 0 Å². The number of hydrogen-bond donors (Lipinski definition) is 2. The predicted molar refractivity (Wildman–Crippen MR) is 69.4 cm³/mol. The zero-order chi connectivity index (χ0) is 13.3. The van der Waals surface area contributed by atoms with Crippen LogP contribution in [0.25, 0.3) is 0 Å². The quantitative estimate of drug-likeness (QED) is 0.791. The van der Waals surface area contributed by atoms with Crippen LogP contribution in [0.2, 0.25) is 0 Å². The molecule has 4 heteroatoms. The smallest absolute Gasteiger partial charge is 0.341 e. The fraction of sp³-hybridized carbons (Fsp3) is 0.571. The number of aromatic carboxylic acids is 1. The topological polar surface area (TPSA) is 70.2 Å². The molecule has 0 saturated carbocycles. The van der Waals surface area contributed by atoms with Gasteiger partial charge in [0.2, 0.25) is 0 Å². The molecule has 0 bridgehead atoms. The summed E-state index contributed by atoms with van der Waals surface area (Å²) >= 11 is 0. The molecule has 18 heavy (non-hydrogen) atoms. The van der Waals surface area contributed by atoms with Crippen molar-refractivity contribution in [3.63, 3.8) is 0 Å². The van der Waals surface area contributed by atoms with Crippen LogP contribution in [0.15, 0.2) is 4.79 Å². The molecule has 0 radical (unpaired) electrons. The first-order valence-electron chi connectivity index (χ1n) is 6.53. The Hall–Kier alpha value is -1.58. The zero-order valence-corrected chi connectivity index (χ0v) is 10.9. The molecule has 1 aromatic heterocycles. The summed E-state index contributed by atoms with van der Waals surface area (Å²) in [5, 5.41) is 9.22. The summed E-state index contributed by atoms with van der Waals surface area (Å²) in [7, 11) is 0. The Morgan fingerprint density at radius 1 is 1.17 bits per heavy atom. The number of H-pyrrole nitrogens is 1. The maximum atomic E-state index is 11.9. The molecule has 1 aliphatic rings. The molecule has 1 heterocycles. The lowest BCUT2D eigenvalue weighted by atomic mass is 9.92. The number of fused-ring (bicyclic) bond motifs is 1. The number of aromatic nitrogens is 1. The van der Waals surface area contributed by atoms with Gasteiger partial charge in [-0.1, -0.05) is 20.3 Å². The molecule has 0 spiro atoms. The van der Waals surface area contributed by atoms with E-state index in [9.17, 15) is 14.7 Å². The number of pyridine rings is 1. The fourth-order valence-corrected chi connectivity index (χ4v) is 2.77. The Balaban J connectivity index is 2.73. The van der Waals surface area contributed by atoms with Gasteiger partial charge in [0.05, 0.1) is 0 Å². The molecule has 0 unspecified atom stereocenters. The van der Waals surface area contributed by atoms with Crippen LogP contribution in [0.3, 0.4) is 0 Å². The lowest BCUT2D eigenvalue weighted by molar-refractivity contribution is 0.0693. The summed E-state index contributed by atoms with van der Waals surface area (Å²) in [6.45, 7) is 4.05. The normalized spacial score (nSPS) is 15.3. The third-order valence-corrected chi connectivity index (χ3v) is 3.61. The van der Waals surface area contributed by atoms with Gasteiger partial charge in [-0.25, -0.2) is 4.79 Å². The van der Waals surface area contributed by atoms with Gasteiger partial charge in [-0.15, -0.1) is 0 Å². The van der Waals surface area contributed by atoms with Gasteiger partial charge in [0.15, 0.2) is 0 Å². The van der Waals surface area contributed by atoms with Crippen molar-refractivity contribution in [3.8, 4) is 0 Å². The first kappa shape index (κ1) is 12.9. The third-order valence-electron chi connectivity index (χ3n) is 3.61. The minimum atomic E-state index is -1.11. The SMILES string of the molecule is CC(C)c1[nH]c(=O)c(C(=O)O)c2c1CCCCC2. The van der Waals surface area contributed by atoms with E-state index in [1.165, 1.54) is 0 Å². The van der Waals surface area contributed by atoms with Gasteiger partial charge in [-0.3, -0.25) is 4.79 Å². The van der Waals surface area contributed by atoms with E-state index in [4.69, 9.17) is 0 Å². The molecule has 1 aliphatic carbocycles. The number of carboxylic acids is 1. The zero-order valence-electron chi connectivity index (χ0n) is 10.9. The Morgan fingerprint density at radius 3 is 2.33 bits per heavy atom. The Kier molecular flexibility index (Phi) is 3.55. The first-order valence-corrected chi connectivity index (χ1v) is 6.53. The minimum absolute atomic E-state index is 0.0451. The Labute approximate surface area is 106 Å². The molecule has 0 amide bonds. The summed E-state index contributed by atoms with van der Waals surface area (Å²) in [6, 6.07) is 0. The predicted octanol–water partition coefficient (Wildman–Crippen LogP) is 2.47. The van der Waals surface area contributed by atoms with E-state index in [1.807, 2.05) is 13.8 Å². The van der Waals surface area contributed by atoms with Crippen molar-refractivity contribution in [2.45, 2.75) is 51.9 Å². The number of rotatable bonds is 2. The number of aromatic amines is 1. The highest BCUT2D eigenvalue weighted by Gasteiger charge is 2.23. The molecule has 98 valence electrons. The van der Waals surface area contributed by atoms with Crippen molar-refractivity contribution in [1.82, 2.24) is 4.98 Å². The second kappa shape index (κ2) is 4.96. The average molecular weight is 249 g/mol. The van der Waals surface area contributed by atoms with E-state index >= 15 is 0 Å². The van der Waals surface area contributed by atoms with Crippen LogP contribution in [-0.2, 0) is 12.8 Å². The van der Waals surface area contributed by atoms with E-state index < -0.39 is 11.5 Å². The molecule has 0 atom stereocenters. The highest BCUT2D eigenvalue weighted by Crippen LogP contribution is 2.27. The summed E-state index contributed by atoms with van der Waals surface area (Å²) in [5.41, 5.74) is 2.26. The maximum absolute atomic E-state index is 11.9. The average Bonchev–Trinajstić information content (AvgIpc) is 2.52. The van der Waals surface area contributed by atoms with Crippen molar-refractivity contribution in [1.29, 1.82) is 0 Å². The third kappa shape index (κ3) is 2.19. The number of carboxylic acid groups (broad SMARTS) is 1. The van der Waals surface area contributed by atoms with Gasteiger partial charge in [0, 0.05) is 5.69 Å². The van der Waals surface area contributed by atoms with Gasteiger partial charge in [0.1, 0.15) is 5.56 Å². The van der Waals surface area contributed by atoms with Crippen LogP contribution < -0.4 is 5.56 Å². The molecule has 0 fully saturated rings. The van der Waals surface area contributed by atoms with Gasteiger partial charge in [-0.05, 0) is 42.7 Å². The van der Waals surface area contributed by atoms with Crippen LogP contribution in [0.5, 0.6) is 0 Å². The summed E-state index contributed by atoms with van der Waals surface area (Å²) < 4.78 is 0. The molecule has 2 rings (SSSR count). The second-order valence-electron chi connectivity index (χ2n) is 5.22. The molecule has 0 aromatic carbocycles. The lowest BCUT2D eigenvalue weighted by Crippen LogP contribution is -2.24. The van der Waals surface area contributed by atoms with E-state index in [-0.39, 0.29) is 11.5 Å². The molecule has 4 nitrogen and oxygen atoms in total. The van der Waals surface area contributed by atoms with E-state index in [2.05, 4.69) is 4.98 Å². The maximum Gasteiger partial charge on any atom is 0.341 e. The standard InChI is InChI=1S/C14H19NO3/c1-8(2)12-10-7-5-3-4-6-9(10)11(14(17)18)13(16)15-12/h8H,3-7H2,1-2H3,(H,15,16)(H,17,18). The van der Waals surface area contributed by atoms with Crippen LogP contribution in [0.1, 0.15) is 66.2 Å². The van der Waals surface area contributed by atoms with Crippen molar-refractivity contribution in [3.05, 3.63) is 32.7 Å². The summed E-state index contributed by atoms with van der Waals surface area (Å²) in [4.78, 5) is 26.0. The second-order valence-corrected chi connectivity index (χ2v) is 5.22. The molecule has 1 aromatic rings. The molecule has 2 N–H and O–H groups in total. The van der Waals surface area contributed by atoms with E-state index in [1.54, 1.807) is 0 Å². The van der Waals surface area contributed by atoms with E-state index in [0.717, 1.165) is 42.5 Å². The number of hydrogen-bond acceptors (Lipinski definition) is 2. The van der Waals surface area contributed by atoms with Crippen molar-refractivity contribution < 1.29 is 9.90 Å². The molecule has 0 saturated heterocycles. The monoisotopic (exact) mass is 249 g/mol. The van der Waals surface area contributed by atoms with Crippen LogP contribution >= 0.6 is 0 Å². The highest BCUT2D eigenvalue weighted by molar-refractivity contribution is 5.89. The van der Waals surface area contributed by atoms with Gasteiger partial charge in [0.25, 0.3) is 5.56 Å². The summed E-state index contributed by atoms with van der Waals surface area (Å²) in [6.07, 6.45) is 4.71. The lowest BCUT2D eigenvalue weighted by Gasteiger charge is -2.16. The van der Waals surface area contributed by atoms with Crippen molar-refractivity contribution >= 4 is 5.97 Å². The van der Waals surface area contributed by atoms with Crippen LogP contribution in [0.4, 0.5) is 0 Å². The first-order chi connectivity index (χ1) is 8.52. The molecular formula is C14H19NO3. The van der Waals surface area contributed by atoms with Gasteiger partial charge < -0.3 is 10.1 Å². The minimum Gasteiger partial charge on any atom is -0.477 e. The highest BCUT2D eigenvalue weighted by atomic mass is 16.4. The van der Waals surface area contributed by atoms with Gasteiger partial charge >= 0.3 is 5.97 Å². The summed E-state index contributed by atoms with van der Waals surface area (Å²) in [5.74, 6) is -0.892. The molecule has 0 aliphatic heterocycles. The fourth-order valence-electron chi connectivity index (χ4n) is 2.77. The van der Waals surface area contributed by atoms with E-state index in [0.29, 0.717) is 6.42 Å². The van der Waals surface area contributed by atoms with Crippen molar-refractivity contribution in [2.24, 2.45) is 0 Å². The largest absolute Gasteiger partial charge is 0.477 e. The van der Waals surface area contributed by atoms with Crippen molar-refractivity contribution in [2.75, 3.05) is 0 Å². The van der Waals surface area contributed by atoms with Crippen LogP contribution in [0, 0.1) is 0 Å². The number of carbonyl (C=O) groups is 1.